The van der Waals surface area contributed by atoms with Crippen molar-refractivity contribution in [3.8, 4) is 0 Å². The third-order valence-electron chi connectivity index (χ3n) is 17.6. The van der Waals surface area contributed by atoms with Gasteiger partial charge in [0.15, 0.2) is 0 Å². The van der Waals surface area contributed by atoms with E-state index in [1.165, 1.54) is 462 Å². The second kappa shape index (κ2) is 133. The minimum atomic E-state index is 1.37. The van der Waals surface area contributed by atoms with Crippen molar-refractivity contribution in [2.75, 3.05) is 0 Å². The van der Waals surface area contributed by atoms with Crippen molar-refractivity contribution < 1.29 is 0 Å². The molecule has 0 saturated heterocycles. The number of hydrogen-bond acceptors (Lipinski definition) is 0. The first-order valence-electron chi connectivity index (χ1n) is 44.2. The summed E-state index contributed by atoms with van der Waals surface area (Å²) in [5, 5.41) is 0. The van der Waals surface area contributed by atoms with Gasteiger partial charge in [0.05, 0.1) is 0 Å². The summed E-state index contributed by atoms with van der Waals surface area (Å²) in [6.45, 7) is 40.9. The Balaban J connectivity index is -0.000000117. The summed E-state index contributed by atoms with van der Waals surface area (Å²) in [6.07, 6.45) is 103. The highest BCUT2D eigenvalue weighted by molar-refractivity contribution is 4.50. The van der Waals surface area contributed by atoms with Crippen LogP contribution in [0.15, 0.2) is 0 Å². The van der Waals surface area contributed by atoms with Crippen LogP contribution in [-0.2, 0) is 0 Å². The van der Waals surface area contributed by atoms with E-state index in [9.17, 15) is 0 Å². The van der Waals surface area contributed by atoms with Crippen LogP contribution in [0, 0.1) is 0 Å². The Morgan fingerprint density at radius 3 is 0.122 bits per heavy atom. The fourth-order valence-electron chi connectivity index (χ4n) is 10.9. The summed E-state index contributed by atoms with van der Waals surface area (Å²) in [6, 6.07) is 0. The first-order chi connectivity index (χ1) is 44.2. The van der Waals surface area contributed by atoms with Crippen molar-refractivity contribution in [1.29, 1.82) is 0 Å². The van der Waals surface area contributed by atoms with Crippen molar-refractivity contribution >= 4 is 0 Å². The Kier molecular flexibility index (Phi) is 161. The monoisotopic (exact) mass is 1280 g/mol. The number of hydrogen-bond donors (Lipinski definition) is 0. The quantitative estimate of drug-likeness (QED) is 0.0533. The van der Waals surface area contributed by atoms with Gasteiger partial charge in [0, 0.05) is 0 Å². The molecule has 0 heteroatoms. The topological polar surface area (TPSA) is 0 Å². The molecule has 0 aliphatic rings. The van der Waals surface area contributed by atoms with Gasteiger partial charge in [-0.05, 0) is 0 Å². The van der Waals surface area contributed by atoms with Crippen molar-refractivity contribution in [1.82, 2.24) is 0 Å². The smallest absolute Gasteiger partial charge is 0.0533 e. The molecule has 0 N–H and O–H groups in total. The zero-order chi connectivity index (χ0) is 68.9. The average Bonchev–Trinajstić information content (AvgIpc) is 3.56. The van der Waals surface area contributed by atoms with Crippen LogP contribution < -0.4 is 0 Å². The van der Waals surface area contributed by atoms with Gasteiger partial charge in [-0.15, -0.1) is 0 Å². The molecule has 0 nitrogen and oxygen atoms in total. The lowest BCUT2D eigenvalue weighted by molar-refractivity contribution is 0.585. The molecule has 558 valence electrons. The molecule has 0 radical (unpaired) electrons. The van der Waals surface area contributed by atoms with Crippen LogP contribution in [0.2, 0.25) is 0 Å². The number of unbranched alkanes of at least 4 members (excludes halogenated alkanes) is 63. The van der Waals surface area contributed by atoms with Crippen molar-refractivity contribution in [3.05, 3.63) is 0 Å². The van der Waals surface area contributed by atoms with Crippen LogP contribution in [0.1, 0.15) is 587 Å². The molecule has 0 heterocycles. The SMILES string of the molecule is CCCCCCCCCC.CCCCCCCCCC.CCCCCCCCCC.CCCCCCCCCC.CCCCCCCCCC.CCCCCCCCCC.CCCCCCCCCC.CCCCCCCCCC.CCCCCCCCCC. The molecule has 0 aliphatic carbocycles. The molecular weight excluding hydrogens is 1080 g/mol. The molecule has 0 atom stereocenters. The first-order valence-corrected chi connectivity index (χ1v) is 44.2. The Bertz CT molecular complexity index is 588. The largest absolute Gasteiger partial charge is 0.0654 e. The van der Waals surface area contributed by atoms with E-state index in [2.05, 4.69) is 125 Å². The molecule has 0 unspecified atom stereocenters. The molecule has 0 aromatic carbocycles. The Morgan fingerprint density at radius 1 is 0.0556 bits per heavy atom. The van der Waals surface area contributed by atoms with Crippen molar-refractivity contribution in [2.45, 2.75) is 587 Å². The number of rotatable bonds is 63. The van der Waals surface area contributed by atoms with Gasteiger partial charge >= 0.3 is 0 Å². The minimum absolute atomic E-state index is 1.37. The van der Waals surface area contributed by atoms with Crippen LogP contribution in [0.4, 0.5) is 0 Å². The average molecular weight is 1280 g/mol. The maximum Gasteiger partial charge on any atom is -0.0533 e. The van der Waals surface area contributed by atoms with E-state index in [4.69, 9.17) is 0 Å². The van der Waals surface area contributed by atoms with E-state index in [0.29, 0.717) is 0 Å². The lowest BCUT2D eigenvalue weighted by atomic mass is 10.1. The highest BCUT2D eigenvalue weighted by atomic mass is 14.0. The van der Waals surface area contributed by atoms with Gasteiger partial charge < -0.3 is 0 Å². The summed E-state index contributed by atoms with van der Waals surface area (Å²) in [7, 11) is 0. The van der Waals surface area contributed by atoms with Crippen LogP contribution in [0.5, 0.6) is 0 Å². The van der Waals surface area contributed by atoms with Crippen LogP contribution in [0.25, 0.3) is 0 Å². The van der Waals surface area contributed by atoms with Crippen molar-refractivity contribution in [3.63, 3.8) is 0 Å². The Labute approximate surface area is 583 Å². The first kappa shape index (κ1) is 109. The molecule has 0 aromatic heterocycles. The second-order valence-corrected chi connectivity index (χ2v) is 28.1. The van der Waals surface area contributed by atoms with Gasteiger partial charge in [-0.3, -0.25) is 0 Å². The third kappa shape index (κ3) is 168. The minimum Gasteiger partial charge on any atom is -0.0654 e. The highest BCUT2D eigenvalue weighted by Crippen LogP contribution is 2.14. The molecule has 90 heavy (non-hydrogen) atoms. The van der Waals surface area contributed by atoms with E-state index in [1.807, 2.05) is 0 Å². The molecular formula is C90H198. The molecule has 0 bridgehead atoms. The molecule has 0 fully saturated rings. The summed E-state index contributed by atoms with van der Waals surface area (Å²) in [5.74, 6) is 0. The maximum absolute atomic E-state index is 2.27. The van der Waals surface area contributed by atoms with Crippen LogP contribution in [0.3, 0.4) is 0 Å². The maximum atomic E-state index is 2.27. The summed E-state index contributed by atoms with van der Waals surface area (Å²) in [4.78, 5) is 0. The van der Waals surface area contributed by atoms with E-state index < -0.39 is 0 Å². The van der Waals surface area contributed by atoms with Gasteiger partial charge in [-0.1, -0.05) is 587 Å². The molecule has 0 rings (SSSR count). The van der Waals surface area contributed by atoms with E-state index in [-0.39, 0.29) is 0 Å². The zero-order valence-corrected chi connectivity index (χ0v) is 68.9. The lowest BCUT2D eigenvalue weighted by Gasteiger charge is -1.97. The molecule has 0 amide bonds. The normalized spacial score (nSPS) is 10.2. The van der Waals surface area contributed by atoms with Gasteiger partial charge in [0.1, 0.15) is 0 Å². The van der Waals surface area contributed by atoms with E-state index in [0.717, 1.165) is 0 Å². The fourth-order valence-corrected chi connectivity index (χ4v) is 10.9. The van der Waals surface area contributed by atoms with E-state index in [1.54, 1.807) is 0 Å². The predicted octanol–water partition coefficient (Wildman–Crippen LogP) is 37.3. The van der Waals surface area contributed by atoms with Crippen molar-refractivity contribution in [2.24, 2.45) is 0 Å². The van der Waals surface area contributed by atoms with Gasteiger partial charge in [-0.25, -0.2) is 0 Å². The lowest BCUT2D eigenvalue weighted by Crippen LogP contribution is -1.77. The van der Waals surface area contributed by atoms with Gasteiger partial charge in [0.2, 0.25) is 0 Å². The Morgan fingerprint density at radius 2 is 0.0889 bits per heavy atom. The van der Waals surface area contributed by atoms with Crippen LogP contribution >= 0.6 is 0 Å². The Hall–Kier alpha value is 0. The van der Waals surface area contributed by atoms with Crippen LogP contribution in [-0.4, -0.2) is 0 Å². The standard InChI is InChI=1S/9C10H22/c9*1-3-5-7-9-10-8-6-4-2/h9*3-10H2,1-2H3. The third-order valence-corrected chi connectivity index (χ3v) is 17.6. The molecule has 0 aromatic rings. The highest BCUT2D eigenvalue weighted by Gasteiger charge is 1.94. The molecule has 0 saturated carbocycles. The summed E-state index contributed by atoms with van der Waals surface area (Å²) < 4.78 is 0. The zero-order valence-electron chi connectivity index (χ0n) is 68.9. The summed E-state index contributed by atoms with van der Waals surface area (Å²) in [5.41, 5.74) is 0. The predicted molar refractivity (Wildman–Crippen MR) is 435 cm³/mol. The summed E-state index contributed by atoms with van der Waals surface area (Å²) >= 11 is 0. The van der Waals surface area contributed by atoms with Gasteiger partial charge in [-0.2, -0.15) is 0 Å². The second-order valence-electron chi connectivity index (χ2n) is 28.1. The van der Waals surface area contributed by atoms with E-state index >= 15 is 0 Å². The molecule has 0 spiro atoms. The molecule has 0 aliphatic heterocycles. The fraction of sp³-hybridized carbons (Fsp3) is 1.00. The van der Waals surface area contributed by atoms with Gasteiger partial charge in [0.25, 0.3) is 0 Å².